The van der Waals surface area contributed by atoms with Crippen LogP contribution in [-0.4, -0.2) is 32.4 Å². The fourth-order valence-electron chi connectivity index (χ4n) is 2.24. The Morgan fingerprint density at radius 1 is 1.24 bits per heavy atom. The van der Waals surface area contributed by atoms with Gasteiger partial charge in [0.1, 0.15) is 6.04 Å². The van der Waals surface area contributed by atoms with Crippen molar-refractivity contribution in [2.45, 2.75) is 57.1 Å². The van der Waals surface area contributed by atoms with Crippen molar-refractivity contribution in [3.63, 3.8) is 0 Å². The predicted molar refractivity (Wildman–Crippen MR) is 95.2 cm³/mol. The van der Waals surface area contributed by atoms with Crippen molar-refractivity contribution < 1.29 is 18.0 Å². The standard InChI is InChI=1S/C16H26N4O4S/c1-4-6-14(19-16(17)22)15(21)18-10-12-7-5-8-13(9-12)25(23,24)20-11(2)3/h5,7-9,11,14,20H,4,6,10H2,1-3H3,(H,18,21)(H3,17,19,22)/t14-/m0/s1. The molecular formula is C16H26N4O4S. The summed E-state index contributed by atoms with van der Waals surface area (Å²) in [6, 6.07) is 4.62. The van der Waals surface area contributed by atoms with E-state index < -0.39 is 22.1 Å². The van der Waals surface area contributed by atoms with Crippen LogP contribution in [0.5, 0.6) is 0 Å². The van der Waals surface area contributed by atoms with Gasteiger partial charge in [0.2, 0.25) is 15.9 Å². The van der Waals surface area contributed by atoms with Gasteiger partial charge in [-0.05, 0) is 38.0 Å². The summed E-state index contributed by atoms with van der Waals surface area (Å²) in [7, 11) is -3.60. The Kier molecular flexibility index (Phi) is 7.85. The summed E-state index contributed by atoms with van der Waals surface area (Å²) in [6.45, 7) is 5.51. The third-order valence-corrected chi connectivity index (χ3v) is 4.93. The number of hydrogen-bond donors (Lipinski definition) is 4. The van der Waals surface area contributed by atoms with Crippen molar-refractivity contribution in [2.75, 3.05) is 0 Å². The van der Waals surface area contributed by atoms with Crippen molar-refractivity contribution in [1.29, 1.82) is 0 Å². The van der Waals surface area contributed by atoms with Gasteiger partial charge < -0.3 is 16.4 Å². The second-order valence-electron chi connectivity index (χ2n) is 5.99. The van der Waals surface area contributed by atoms with Crippen molar-refractivity contribution in [3.8, 4) is 0 Å². The molecule has 0 fully saturated rings. The van der Waals surface area contributed by atoms with Crippen LogP contribution in [-0.2, 0) is 21.4 Å². The van der Waals surface area contributed by atoms with Crippen molar-refractivity contribution in [3.05, 3.63) is 29.8 Å². The molecular weight excluding hydrogens is 344 g/mol. The molecule has 9 heteroatoms. The van der Waals surface area contributed by atoms with Crippen molar-refractivity contribution in [1.82, 2.24) is 15.4 Å². The second kappa shape index (κ2) is 9.38. The molecule has 0 aliphatic heterocycles. The molecule has 0 aliphatic rings. The number of sulfonamides is 1. The number of nitrogens with one attached hydrogen (secondary N) is 3. The number of urea groups is 1. The summed E-state index contributed by atoms with van der Waals surface area (Å²) in [5, 5.41) is 5.08. The summed E-state index contributed by atoms with van der Waals surface area (Å²) in [6.07, 6.45) is 1.16. The topological polar surface area (TPSA) is 130 Å². The normalized spacial score (nSPS) is 12.6. The summed E-state index contributed by atoms with van der Waals surface area (Å²) in [5.74, 6) is -0.366. The van der Waals surface area contributed by atoms with Gasteiger partial charge in [-0.1, -0.05) is 25.5 Å². The number of rotatable bonds is 9. The molecule has 5 N–H and O–H groups in total. The maximum Gasteiger partial charge on any atom is 0.312 e. The van der Waals surface area contributed by atoms with E-state index in [1.54, 1.807) is 26.0 Å². The molecule has 0 spiro atoms. The number of carbonyl (C=O) groups excluding carboxylic acids is 2. The minimum Gasteiger partial charge on any atom is -0.352 e. The average molecular weight is 370 g/mol. The molecule has 8 nitrogen and oxygen atoms in total. The molecule has 0 heterocycles. The Morgan fingerprint density at radius 3 is 2.48 bits per heavy atom. The van der Waals surface area contributed by atoms with Gasteiger partial charge in [0.05, 0.1) is 4.90 Å². The van der Waals surface area contributed by atoms with E-state index in [4.69, 9.17) is 5.73 Å². The Labute approximate surface area is 148 Å². The van der Waals surface area contributed by atoms with Crippen LogP contribution < -0.4 is 21.1 Å². The summed E-state index contributed by atoms with van der Waals surface area (Å²) < 4.78 is 26.9. The van der Waals surface area contributed by atoms with Crippen LogP contribution in [0.3, 0.4) is 0 Å². The van der Waals surface area contributed by atoms with Gasteiger partial charge in [-0.25, -0.2) is 17.9 Å². The first kappa shape index (κ1) is 20.9. The summed E-state index contributed by atoms with van der Waals surface area (Å²) >= 11 is 0. The lowest BCUT2D eigenvalue weighted by Crippen LogP contribution is -2.48. The fourth-order valence-corrected chi connectivity index (χ4v) is 3.56. The Morgan fingerprint density at radius 2 is 1.92 bits per heavy atom. The van der Waals surface area contributed by atoms with Gasteiger partial charge in [0, 0.05) is 12.6 Å². The minimum atomic E-state index is -3.60. The van der Waals surface area contributed by atoms with Gasteiger partial charge >= 0.3 is 6.03 Å². The van der Waals surface area contributed by atoms with Crippen LogP contribution in [0.25, 0.3) is 0 Å². The quantitative estimate of drug-likeness (QED) is 0.513. The first-order valence-electron chi connectivity index (χ1n) is 8.10. The highest BCUT2D eigenvalue weighted by molar-refractivity contribution is 7.89. The smallest absolute Gasteiger partial charge is 0.312 e. The number of hydrogen-bond acceptors (Lipinski definition) is 4. The minimum absolute atomic E-state index is 0.133. The fraction of sp³-hybridized carbons (Fsp3) is 0.500. The number of benzene rings is 1. The number of nitrogens with two attached hydrogens (primary N) is 1. The van der Waals surface area contributed by atoms with Gasteiger partial charge in [-0.15, -0.1) is 0 Å². The van der Waals surface area contributed by atoms with Crippen LogP contribution in [0, 0.1) is 0 Å². The molecule has 0 aromatic heterocycles. The molecule has 1 atom stereocenters. The van der Waals surface area contributed by atoms with E-state index in [1.165, 1.54) is 12.1 Å². The van der Waals surface area contributed by atoms with E-state index in [1.807, 2.05) is 6.92 Å². The van der Waals surface area contributed by atoms with Crippen LogP contribution >= 0.6 is 0 Å². The van der Waals surface area contributed by atoms with Crippen LogP contribution in [0.2, 0.25) is 0 Å². The van der Waals surface area contributed by atoms with Crippen LogP contribution in [0.4, 0.5) is 4.79 Å². The van der Waals surface area contributed by atoms with Gasteiger partial charge in [-0.2, -0.15) is 0 Å². The third kappa shape index (κ3) is 7.10. The highest BCUT2D eigenvalue weighted by atomic mass is 32.2. The number of primary amides is 1. The largest absolute Gasteiger partial charge is 0.352 e. The molecule has 0 aliphatic carbocycles. The second-order valence-corrected chi connectivity index (χ2v) is 7.71. The zero-order chi connectivity index (χ0) is 19.0. The highest BCUT2D eigenvalue weighted by Crippen LogP contribution is 2.12. The van der Waals surface area contributed by atoms with Crippen molar-refractivity contribution in [2.24, 2.45) is 5.73 Å². The molecule has 0 saturated heterocycles. The van der Waals surface area contributed by atoms with Gasteiger partial charge in [-0.3, -0.25) is 4.79 Å². The summed E-state index contributed by atoms with van der Waals surface area (Å²) in [4.78, 5) is 23.3. The van der Waals surface area contributed by atoms with Gasteiger partial charge in [0.15, 0.2) is 0 Å². The highest BCUT2D eigenvalue weighted by Gasteiger charge is 2.19. The Balaban J connectivity index is 2.79. The Hall–Kier alpha value is -2.13. The van der Waals surface area contributed by atoms with Gasteiger partial charge in [0.25, 0.3) is 0 Å². The first-order valence-corrected chi connectivity index (χ1v) is 9.59. The summed E-state index contributed by atoms with van der Waals surface area (Å²) in [5.41, 5.74) is 5.71. The van der Waals surface area contributed by atoms with E-state index in [9.17, 15) is 18.0 Å². The monoisotopic (exact) mass is 370 g/mol. The zero-order valence-corrected chi connectivity index (χ0v) is 15.5. The predicted octanol–water partition coefficient (Wildman–Crippen LogP) is 0.827. The van der Waals surface area contributed by atoms with E-state index in [0.717, 1.165) is 0 Å². The lowest BCUT2D eigenvalue weighted by molar-refractivity contribution is -0.123. The van der Waals surface area contributed by atoms with E-state index in [0.29, 0.717) is 18.4 Å². The molecule has 1 rings (SSSR count). The number of carbonyl (C=O) groups is 2. The molecule has 140 valence electrons. The molecule has 0 unspecified atom stereocenters. The first-order chi connectivity index (χ1) is 11.7. The molecule has 25 heavy (non-hydrogen) atoms. The van der Waals surface area contributed by atoms with Crippen LogP contribution in [0.15, 0.2) is 29.2 Å². The SMILES string of the molecule is CCC[C@H](NC(N)=O)C(=O)NCc1cccc(S(=O)(=O)NC(C)C)c1. The molecule has 0 bridgehead atoms. The van der Waals surface area contributed by atoms with E-state index in [2.05, 4.69) is 15.4 Å². The molecule has 0 saturated carbocycles. The Bertz CT molecular complexity index is 704. The van der Waals surface area contributed by atoms with E-state index >= 15 is 0 Å². The number of amides is 3. The van der Waals surface area contributed by atoms with Crippen molar-refractivity contribution >= 4 is 22.0 Å². The van der Waals surface area contributed by atoms with Crippen LogP contribution in [0.1, 0.15) is 39.2 Å². The zero-order valence-electron chi connectivity index (χ0n) is 14.7. The molecule has 3 amide bonds. The molecule has 0 radical (unpaired) electrons. The lowest BCUT2D eigenvalue weighted by atomic mass is 10.1. The maximum absolute atomic E-state index is 12.2. The molecule has 1 aromatic carbocycles. The maximum atomic E-state index is 12.2. The molecule has 1 aromatic rings. The lowest BCUT2D eigenvalue weighted by Gasteiger charge is -2.17. The average Bonchev–Trinajstić information content (AvgIpc) is 2.51. The third-order valence-electron chi connectivity index (χ3n) is 3.28. The van der Waals surface area contributed by atoms with E-state index in [-0.39, 0.29) is 23.4 Å².